The molecule has 1 aromatic rings. The fraction of sp³-hybridized carbons (Fsp3) is 0.667. The summed E-state index contributed by atoms with van der Waals surface area (Å²) in [5, 5.41) is 0. The Morgan fingerprint density at radius 2 is 1.39 bits per heavy atom. The highest BCUT2D eigenvalue weighted by Gasteiger charge is 2.40. The van der Waals surface area contributed by atoms with Gasteiger partial charge in [0.1, 0.15) is 6.04 Å². The second-order valence-corrected chi connectivity index (χ2v) is 11.2. The van der Waals surface area contributed by atoms with Crippen molar-refractivity contribution in [2.24, 2.45) is 0 Å². The van der Waals surface area contributed by atoms with Crippen LogP contribution in [0.15, 0.2) is 35.2 Å². The molecule has 0 saturated carbocycles. The van der Waals surface area contributed by atoms with Crippen molar-refractivity contribution in [3.05, 3.63) is 30.3 Å². The van der Waals surface area contributed by atoms with Crippen LogP contribution in [0.3, 0.4) is 0 Å². The molecule has 8 nitrogen and oxygen atoms in total. The Bertz CT molecular complexity index is 908. The van der Waals surface area contributed by atoms with Crippen LogP contribution in [0.5, 0.6) is 0 Å². The monoisotopic (exact) mass is 476 g/mol. The molecule has 3 saturated heterocycles. The van der Waals surface area contributed by atoms with Gasteiger partial charge in [0.15, 0.2) is 0 Å². The molecule has 0 spiro atoms. The van der Waals surface area contributed by atoms with Crippen molar-refractivity contribution in [1.29, 1.82) is 0 Å². The fourth-order valence-corrected chi connectivity index (χ4v) is 6.79. The van der Waals surface area contributed by atoms with E-state index in [9.17, 15) is 18.0 Å². The molecule has 4 rings (SSSR count). The van der Waals surface area contributed by atoms with Gasteiger partial charge in [0.25, 0.3) is 0 Å². The molecule has 33 heavy (non-hydrogen) atoms. The minimum absolute atomic E-state index is 0.104. The first kappa shape index (κ1) is 24.2. The molecule has 1 atom stereocenters. The van der Waals surface area contributed by atoms with E-state index < -0.39 is 16.1 Å². The third kappa shape index (κ3) is 5.75. The summed E-state index contributed by atoms with van der Waals surface area (Å²) in [5.41, 5.74) is 0. The molecule has 3 heterocycles. The van der Waals surface area contributed by atoms with Gasteiger partial charge in [-0.05, 0) is 37.8 Å². The number of piperidine rings is 1. The van der Waals surface area contributed by atoms with Gasteiger partial charge in [0, 0.05) is 45.8 Å². The van der Waals surface area contributed by atoms with E-state index in [1.165, 1.54) is 17.1 Å². The van der Waals surface area contributed by atoms with E-state index in [2.05, 4.69) is 4.90 Å². The Morgan fingerprint density at radius 3 is 2.06 bits per heavy atom. The van der Waals surface area contributed by atoms with Crippen molar-refractivity contribution in [2.45, 2.75) is 55.9 Å². The van der Waals surface area contributed by atoms with Gasteiger partial charge in [0.05, 0.1) is 11.4 Å². The summed E-state index contributed by atoms with van der Waals surface area (Å²) in [6.07, 6.45) is 6.73. The number of hydrogen-bond acceptors (Lipinski definition) is 5. The topological polar surface area (TPSA) is 81.2 Å². The van der Waals surface area contributed by atoms with Gasteiger partial charge < -0.3 is 9.80 Å². The van der Waals surface area contributed by atoms with Crippen molar-refractivity contribution in [3.63, 3.8) is 0 Å². The average molecular weight is 477 g/mol. The Hall–Kier alpha value is -1.97. The molecule has 3 aliphatic rings. The van der Waals surface area contributed by atoms with Crippen LogP contribution in [0.4, 0.5) is 0 Å². The molecule has 0 aromatic heterocycles. The number of carbonyl (C=O) groups excluding carboxylic acids is 2. The Balaban J connectivity index is 1.35. The quantitative estimate of drug-likeness (QED) is 0.647. The predicted octanol–water partition coefficient (Wildman–Crippen LogP) is 1.78. The number of amides is 2. The highest BCUT2D eigenvalue weighted by Crippen LogP contribution is 2.27. The minimum Gasteiger partial charge on any atom is -0.342 e. The maximum absolute atomic E-state index is 13.4. The molecule has 0 bridgehead atoms. The summed E-state index contributed by atoms with van der Waals surface area (Å²) in [6.45, 7) is 4.82. The number of rotatable bonds is 5. The standard InChI is InChI=1S/C24H36N4O4S/c29-23(26-13-7-1-2-8-14-26)20-25-16-18-27(19-17-25)24(30)22-12-6-9-15-28(22)33(31,32)21-10-4-3-5-11-21/h3-5,10-11,22H,1-2,6-9,12-20H2. The molecule has 3 fully saturated rings. The molecular weight excluding hydrogens is 440 g/mol. The Kier molecular flexibility index (Phi) is 8.03. The third-order valence-corrected chi connectivity index (χ3v) is 9.01. The number of piperazine rings is 1. The Labute approximate surface area is 197 Å². The van der Waals surface area contributed by atoms with E-state index >= 15 is 0 Å². The summed E-state index contributed by atoms with van der Waals surface area (Å²) in [6, 6.07) is 7.74. The molecule has 9 heteroatoms. The minimum atomic E-state index is -3.71. The van der Waals surface area contributed by atoms with Crippen LogP contribution in [0.25, 0.3) is 0 Å². The summed E-state index contributed by atoms with van der Waals surface area (Å²) < 4.78 is 27.9. The van der Waals surface area contributed by atoms with Gasteiger partial charge in [-0.25, -0.2) is 8.42 Å². The maximum Gasteiger partial charge on any atom is 0.243 e. The van der Waals surface area contributed by atoms with E-state index in [1.54, 1.807) is 35.2 Å². The smallest absolute Gasteiger partial charge is 0.243 e. The Morgan fingerprint density at radius 1 is 0.758 bits per heavy atom. The lowest BCUT2D eigenvalue weighted by atomic mass is 10.0. The van der Waals surface area contributed by atoms with Gasteiger partial charge in [-0.15, -0.1) is 0 Å². The lowest BCUT2D eigenvalue weighted by Crippen LogP contribution is -2.57. The summed E-state index contributed by atoms with van der Waals surface area (Å²) in [7, 11) is -3.71. The van der Waals surface area contributed by atoms with Gasteiger partial charge in [-0.3, -0.25) is 14.5 Å². The van der Waals surface area contributed by atoms with Crippen LogP contribution in [0.2, 0.25) is 0 Å². The number of carbonyl (C=O) groups is 2. The van der Waals surface area contributed by atoms with E-state index in [1.807, 2.05) is 4.90 Å². The predicted molar refractivity (Wildman–Crippen MR) is 126 cm³/mol. The van der Waals surface area contributed by atoms with Crippen LogP contribution in [0, 0.1) is 0 Å². The molecule has 0 N–H and O–H groups in total. The molecule has 1 unspecified atom stereocenters. The fourth-order valence-electron chi connectivity index (χ4n) is 5.12. The van der Waals surface area contributed by atoms with Gasteiger partial charge in [-0.2, -0.15) is 4.31 Å². The number of hydrogen-bond donors (Lipinski definition) is 0. The molecular formula is C24H36N4O4S. The summed E-state index contributed by atoms with van der Waals surface area (Å²) in [4.78, 5) is 32.2. The second-order valence-electron chi connectivity index (χ2n) is 9.34. The van der Waals surface area contributed by atoms with Crippen LogP contribution in [0.1, 0.15) is 44.9 Å². The van der Waals surface area contributed by atoms with Gasteiger partial charge in [-0.1, -0.05) is 37.5 Å². The molecule has 3 aliphatic heterocycles. The van der Waals surface area contributed by atoms with E-state index in [4.69, 9.17) is 0 Å². The van der Waals surface area contributed by atoms with E-state index in [0.29, 0.717) is 45.7 Å². The van der Waals surface area contributed by atoms with E-state index in [0.717, 1.165) is 38.8 Å². The molecule has 2 amide bonds. The van der Waals surface area contributed by atoms with Crippen molar-refractivity contribution in [1.82, 2.24) is 19.0 Å². The summed E-state index contributed by atoms with van der Waals surface area (Å²) >= 11 is 0. The lowest BCUT2D eigenvalue weighted by Gasteiger charge is -2.40. The van der Waals surface area contributed by atoms with Crippen molar-refractivity contribution >= 4 is 21.8 Å². The first-order valence-corrected chi connectivity index (χ1v) is 13.8. The van der Waals surface area contributed by atoms with Crippen LogP contribution >= 0.6 is 0 Å². The van der Waals surface area contributed by atoms with Gasteiger partial charge in [0.2, 0.25) is 21.8 Å². The summed E-state index contributed by atoms with van der Waals surface area (Å²) in [5.74, 6) is 0.0804. The van der Waals surface area contributed by atoms with Crippen molar-refractivity contribution in [3.8, 4) is 0 Å². The van der Waals surface area contributed by atoms with Crippen molar-refractivity contribution in [2.75, 3.05) is 52.4 Å². The highest BCUT2D eigenvalue weighted by molar-refractivity contribution is 7.89. The van der Waals surface area contributed by atoms with Crippen LogP contribution in [-0.2, 0) is 19.6 Å². The average Bonchev–Trinajstić information content (AvgIpc) is 3.14. The van der Waals surface area contributed by atoms with Crippen LogP contribution < -0.4 is 0 Å². The SMILES string of the molecule is O=C(CN1CCN(C(=O)C2CCCCN2S(=O)(=O)c2ccccc2)CC1)N1CCCCCC1. The molecule has 182 valence electrons. The zero-order valence-corrected chi connectivity index (χ0v) is 20.2. The zero-order chi connectivity index (χ0) is 23.3. The van der Waals surface area contributed by atoms with E-state index in [-0.39, 0.29) is 16.7 Å². The van der Waals surface area contributed by atoms with Crippen LogP contribution in [-0.4, -0.2) is 97.6 Å². The second kappa shape index (κ2) is 11.0. The molecule has 1 aromatic carbocycles. The third-order valence-electron chi connectivity index (χ3n) is 7.09. The number of benzene rings is 1. The zero-order valence-electron chi connectivity index (χ0n) is 19.4. The number of sulfonamides is 1. The molecule has 0 aliphatic carbocycles. The maximum atomic E-state index is 13.4. The normalized spacial score (nSPS) is 23.8. The van der Waals surface area contributed by atoms with Crippen molar-refractivity contribution < 1.29 is 18.0 Å². The lowest BCUT2D eigenvalue weighted by molar-refractivity contribution is -0.138. The number of likely N-dealkylation sites (tertiary alicyclic amines) is 1. The first-order chi connectivity index (χ1) is 16.0. The molecule has 0 radical (unpaired) electrons. The largest absolute Gasteiger partial charge is 0.342 e. The highest BCUT2D eigenvalue weighted by atomic mass is 32.2. The van der Waals surface area contributed by atoms with Gasteiger partial charge >= 0.3 is 0 Å². The first-order valence-electron chi connectivity index (χ1n) is 12.3. The number of nitrogens with zero attached hydrogens (tertiary/aromatic N) is 4.